The smallest absolute Gasteiger partial charge is 0.418 e. The largest absolute Gasteiger partial charge is 0.478 e. The van der Waals surface area contributed by atoms with Crippen molar-refractivity contribution >= 4 is 11.9 Å². The van der Waals surface area contributed by atoms with Crippen LogP contribution in [0.25, 0.3) is 0 Å². The van der Waals surface area contributed by atoms with Gasteiger partial charge in [-0.15, -0.1) is 0 Å². The molecule has 0 saturated heterocycles. The predicted molar refractivity (Wildman–Crippen MR) is 46.9 cm³/mol. The number of aromatic carboxylic acids is 1. The highest BCUT2D eigenvalue weighted by Crippen LogP contribution is 2.34. The van der Waals surface area contributed by atoms with Crippen LogP contribution in [0.15, 0.2) is 18.2 Å². The first-order chi connectivity index (χ1) is 7.25. The SMILES string of the molecule is NC(=O)c1cccc(C(=O)O)c1C(F)(F)F. The van der Waals surface area contributed by atoms with Gasteiger partial charge in [-0.25, -0.2) is 4.79 Å². The van der Waals surface area contributed by atoms with Crippen LogP contribution in [0.3, 0.4) is 0 Å². The van der Waals surface area contributed by atoms with Crippen molar-refractivity contribution < 1.29 is 27.9 Å². The van der Waals surface area contributed by atoms with E-state index >= 15 is 0 Å². The highest BCUT2D eigenvalue weighted by Gasteiger charge is 2.39. The molecule has 3 N–H and O–H groups in total. The van der Waals surface area contributed by atoms with Crippen LogP contribution >= 0.6 is 0 Å². The van der Waals surface area contributed by atoms with Gasteiger partial charge in [0.15, 0.2) is 0 Å². The van der Waals surface area contributed by atoms with E-state index in [2.05, 4.69) is 0 Å². The van der Waals surface area contributed by atoms with Crippen molar-refractivity contribution in [3.05, 3.63) is 34.9 Å². The molecule has 0 aliphatic heterocycles. The van der Waals surface area contributed by atoms with Crippen LogP contribution in [-0.4, -0.2) is 17.0 Å². The Morgan fingerprint density at radius 1 is 1.19 bits per heavy atom. The fourth-order valence-electron chi connectivity index (χ4n) is 1.24. The third kappa shape index (κ3) is 2.13. The Hall–Kier alpha value is -2.05. The molecule has 1 aromatic rings. The zero-order chi connectivity index (χ0) is 12.5. The Labute approximate surface area is 87.5 Å². The zero-order valence-electron chi connectivity index (χ0n) is 7.71. The number of carbonyl (C=O) groups excluding carboxylic acids is 1. The van der Waals surface area contributed by atoms with Crippen molar-refractivity contribution in [1.29, 1.82) is 0 Å². The molecule has 0 fully saturated rings. The molecule has 4 nitrogen and oxygen atoms in total. The van der Waals surface area contributed by atoms with Gasteiger partial charge in [-0.2, -0.15) is 13.2 Å². The number of nitrogens with two attached hydrogens (primary N) is 1. The van der Waals surface area contributed by atoms with Gasteiger partial charge in [0, 0.05) is 0 Å². The minimum Gasteiger partial charge on any atom is -0.478 e. The molecule has 0 aliphatic carbocycles. The topological polar surface area (TPSA) is 80.4 Å². The maximum Gasteiger partial charge on any atom is 0.418 e. The van der Waals surface area contributed by atoms with E-state index in [0.29, 0.717) is 0 Å². The van der Waals surface area contributed by atoms with E-state index in [0.717, 1.165) is 18.2 Å². The van der Waals surface area contributed by atoms with Gasteiger partial charge in [-0.3, -0.25) is 4.79 Å². The number of rotatable bonds is 2. The first-order valence-electron chi connectivity index (χ1n) is 3.98. The van der Waals surface area contributed by atoms with Gasteiger partial charge in [0.2, 0.25) is 5.91 Å². The second kappa shape index (κ2) is 3.84. The van der Waals surface area contributed by atoms with Gasteiger partial charge in [-0.05, 0) is 12.1 Å². The van der Waals surface area contributed by atoms with Gasteiger partial charge in [-0.1, -0.05) is 6.07 Å². The average Bonchev–Trinajstić information content (AvgIpc) is 2.15. The van der Waals surface area contributed by atoms with Crippen LogP contribution in [0.1, 0.15) is 26.3 Å². The molecule has 86 valence electrons. The van der Waals surface area contributed by atoms with Gasteiger partial charge < -0.3 is 10.8 Å². The summed E-state index contributed by atoms with van der Waals surface area (Å²) in [4.78, 5) is 21.4. The summed E-state index contributed by atoms with van der Waals surface area (Å²) in [6.07, 6.45) is -4.95. The molecular weight excluding hydrogens is 227 g/mol. The second-order valence-corrected chi connectivity index (χ2v) is 2.90. The summed E-state index contributed by atoms with van der Waals surface area (Å²) < 4.78 is 37.7. The number of alkyl halides is 3. The van der Waals surface area contributed by atoms with E-state index in [1.165, 1.54) is 0 Å². The highest BCUT2D eigenvalue weighted by atomic mass is 19.4. The number of carboxylic acids is 1. The van der Waals surface area contributed by atoms with Crippen molar-refractivity contribution in [3.63, 3.8) is 0 Å². The highest BCUT2D eigenvalue weighted by molar-refractivity contribution is 5.99. The number of halogens is 3. The minimum absolute atomic E-state index is 0.762. The normalized spacial score (nSPS) is 11.2. The number of amides is 1. The van der Waals surface area contributed by atoms with Crippen LogP contribution in [0, 0.1) is 0 Å². The molecule has 16 heavy (non-hydrogen) atoms. The van der Waals surface area contributed by atoms with Crippen LogP contribution in [-0.2, 0) is 6.18 Å². The number of hydrogen-bond donors (Lipinski definition) is 2. The Balaban J connectivity index is 3.60. The molecule has 0 unspecified atom stereocenters. The summed E-state index contributed by atoms with van der Waals surface area (Å²) >= 11 is 0. The Morgan fingerprint density at radius 3 is 2.06 bits per heavy atom. The lowest BCUT2D eigenvalue weighted by Crippen LogP contribution is -2.22. The lowest BCUT2D eigenvalue weighted by atomic mass is 10.00. The molecule has 0 radical (unpaired) electrons. The first-order valence-corrected chi connectivity index (χ1v) is 3.98. The van der Waals surface area contributed by atoms with Gasteiger partial charge >= 0.3 is 12.1 Å². The number of carbonyl (C=O) groups is 2. The molecule has 0 aliphatic rings. The van der Waals surface area contributed by atoms with Crippen LogP contribution in [0.4, 0.5) is 13.2 Å². The van der Waals surface area contributed by atoms with Gasteiger partial charge in [0.1, 0.15) is 0 Å². The molecule has 0 bridgehead atoms. The maximum atomic E-state index is 12.6. The molecule has 1 rings (SSSR count). The summed E-state index contributed by atoms with van der Waals surface area (Å²) in [6.45, 7) is 0. The maximum absolute atomic E-state index is 12.6. The number of primary amides is 1. The van der Waals surface area contributed by atoms with E-state index in [1.54, 1.807) is 0 Å². The molecule has 0 aromatic heterocycles. The van der Waals surface area contributed by atoms with Crippen molar-refractivity contribution in [3.8, 4) is 0 Å². The molecule has 0 atom stereocenters. The summed E-state index contributed by atoms with van der Waals surface area (Å²) in [6, 6.07) is 2.62. The van der Waals surface area contributed by atoms with Crippen molar-refractivity contribution in [2.75, 3.05) is 0 Å². The Bertz CT molecular complexity index is 422. The van der Waals surface area contributed by atoms with E-state index in [4.69, 9.17) is 10.8 Å². The molecule has 7 heteroatoms. The molecule has 0 heterocycles. The molecule has 1 aromatic carbocycles. The minimum atomic E-state index is -4.95. The van der Waals surface area contributed by atoms with Crippen molar-refractivity contribution in [2.45, 2.75) is 6.18 Å². The zero-order valence-corrected chi connectivity index (χ0v) is 7.71. The number of benzene rings is 1. The van der Waals surface area contributed by atoms with E-state index in [1.807, 2.05) is 0 Å². The van der Waals surface area contributed by atoms with Gasteiger partial charge in [0.25, 0.3) is 0 Å². The summed E-state index contributed by atoms with van der Waals surface area (Å²) in [5.41, 5.74) is 1.38. The Kier molecular flexibility index (Phi) is 2.88. The summed E-state index contributed by atoms with van der Waals surface area (Å²) in [5, 5.41) is 8.58. The van der Waals surface area contributed by atoms with Crippen molar-refractivity contribution in [1.82, 2.24) is 0 Å². The molecule has 0 saturated carbocycles. The van der Waals surface area contributed by atoms with Crippen LogP contribution in [0.2, 0.25) is 0 Å². The third-order valence-corrected chi connectivity index (χ3v) is 1.84. The van der Waals surface area contributed by atoms with Gasteiger partial charge in [0.05, 0.1) is 16.7 Å². The standard InChI is InChI=1S/C9H6F3NO3/c10-9(11,12)6-4(7(13)14)2-1-3-5(6)8(15)16/h1-3H,(H2,13,14)(H,15,16). The second-order valence-electron chi connectivity index (χ2n) is 2.90. The number of carboxylic acid groups (broad SMARTS) is 1. The fraction of sp³-hybridized carbons (Fsp3) is 0.111. The first kappa shape index (κ1) is 12.0. The third-order valence-electron chi connectivity index (χ3n) is 1.84. The number of hydrogen-bond acceptors (Lipinski definition) is 2. The van der Waals surface area contributed by atoms with Crippen LogP contribution < -0.4 is 5.73 Å². The van der Waals surface area contributed by atoms with E-state index in [-0.39, 0.29) is 0 Å². The lowest BCUT2D eigenvalue weighted by molar-refractivity contribution is -0.138. The molecule has 0 spiro atoms. The van der Waals surface area contributed by atoms with E-state index < -0.39 is 34.7 Å². The summed E-state index contributed by atoms with van der Waals surface area (Å²) in [7, 11) is 0. The Morgan fingerprint density at radius 2 is 1.69 bits per heavy atom. The van der Waals surface area contributed by atoms with Crippen LogP contribution in [0.5, 0.6) is 0 Å². The van der Waals surface area contributed by atoms with Crippen molar-refractivity contribution in [2.24, 2.45) is 5.73 Å². The molecule has 1 amide bonds. The summed E-state index contributed by atoms with van der Waals surface area (Å²) in [5.74, 6) is -3.09. The lowest BCUT2D eigenvalue weighted by Gasteiger charge is -2.13. The fourth-order valence-corrected chi connectivity index (χ4v) is 1.24. The monoisotopic (exact) mass is 233 g/mol. The van der Waals surface area contributed by atoms with E-state index in [9.17, 15) is 22.8 Å². The predicted octanol–water partition coefficient (Wildman–Crippen LogP) is 1.50. The quantitative estimate of drug-likeness (QED) is 0.812. The average molecular weight is 233 g/mol. The molecular formula is C9H6F3NO3.